The second-order valence-electron chi connectivity index (χ2n) is 5.40. The number of aliphatic carboxylic acids is 1. The highest BCUT2D eigenvalue weighted by Crippen LogP contribution is 2.22. The zero-order valence-corrected chi connectivity index (χ0v) is 13.4. The van der Waals surface area contributed by atoms with E-state index in [1.807, 2.05) is 0 Å². The zero-order valence-electron chi connectivity index (χ0n) is 13.4. The van der Waals surface area contributed by atoms with E-state index in [1.54, 1.807) is 36.4 Å². The molecular weight excluding hydrogens is 310 g/mol. The van der Waals surface area contributed by atoms with Crippen molar-refractivity contribution in [2.45, 2.75) is 26.2 Å². The standard InChI is InChI=1S/C18H19NO5/c1-12(20)13-5-7-14(8-6-13)15-9-10-16(24-15)18(23)19-11-3-2-4-17(21)22/h5-10H,2-4,11H2,1H3,(H,19,23)(H,21,22). The number of carboxylic acid groups (broad SMARTS) is 1. The van der Waals surface area contributed by atoms with Gasteiger partial charge in [-0.05, 0) is 31.9 Å². The first-order valence-corrected chi connectivity index (χ1v) is 7.68. The average Bonchev–Trinajstić information content (AvgIpc) is 3.04. The molecule has 0 aliphatic heterocycles. The van der Waals surface area contributed by atoms with Crippen LogP contribution in [0.5, 0.6) is 0 Å². The van der Waals surface area contributed by atoms with Crippen molar-refractivity contribution in [2.75, 3.05) is 6.54 Å². The minimum Gasteiger partial charge on any atom is -0.481 e. The summed E-state index contributed by atoms with van der Waals surface area (Å²) in [5, 5.41) is 11.2. The number of amides is 1. The van der Waals surface area contributed by atoms with Crippen molar-refractivity contribution in [3.63, 3.8) is 0 Å². The Bertz CT molecular complexity index is 730. The van der Waals surface area contributed by atoms with E-state index in [1.165, 1.54) is 6.92 Å². The molecule has 1 aromatic heterocycles. The Balaban J connectivity index is 1.91. The maximum atomic E-state index is 12.0. The molecule has 6 nitrogen and oxygen atoms in total. The summed E-state index contributed by atoms with van der Waals surface area (Å²) in [6.45, 7) is 1.90. The van der Waals surface area contributed by atoms with Gasteiger partial charge in [0.1, 0.15) is 5.76 Å². The maximum absolute atomic E-state index is 12.0. The van der Waals surface area contributed by atoms with E-state index in [-0.39, 0.29) is 23.9 Å². The second kappa shape index (κ2) is 8.10. The molecule has 0 saturated heterocycles. The molecule has 0 unspecified atom stereocenters. The average molecular weight is 329 g/mol. The number of hydrogen-bond donors (Lipinski definition) is 2. The molecule has 0 saturated carbocycles. The minimum atomic E-state index is -0.840. The molecule has 0 spiro atoms. The van der Waals surface area contributed by atoms with Gasteiger partial charge in [-0.2, -0.15) is 0 Å². The van der Waals surface area contributed by atoms with Crippen molar-refractivity contribution in [1.82, 2.24) is 5.32 Å². The van der Waals surface area contributed by atoms with Crippen LogP contribution in [0.1, 0.15) is 47.1 Å². The van der Waals surface area contributed by atoms with Crippen LogP contribution in [0.25, 0.3) is 11.3 Å². The number of carbonyl (C=O) groups excluding carboxylic acids is 2. The van der Waals surface area contributed by atoms with Gasteiger partial charge in [0.2, 0.25) is 0 Å². The first kappa shape index (κ1) is 17.5. The van der Waals surface area contributed by atoms with Gasteiger partial charge in [-0.15, -0.1) is 0 Å². The molecular formula is C18H19NO5. The van der Waals surface area contributed by atoms with E-state index >= 15 is 0 Å². The Morgan fingerprint density at radius 1 is 1.04 bits per heavy atom. The lowest BCUT2D eigenvalue weighted by molar-refractivity contribution is -0.137. The van der Waals surface area contributed by atoms with Gasteiger partial charge >= 0.3 is 5.97 Å². The highest BCUT2D eigenvalue weighted by molar-refractivity contribution is 5.94. The molecule has 0 fully saturated rings. The van der Waals surface area contributed by atoms with Crippen LogP contribution >= 0.6 is 0 Å². The van der Waals surface area contributed by atoms with E-state index in [0.29, 0.717) is 30.7 Å². The molecule has 126 valence electrons. The van der Waals surface area contributed by atoms with Crippen LogP contribution in [0.3, 0.4) is 0 Å². The zero-order chi connectivity index (χ0) is 17.5. The van der Waals surface area contributed by atoms with Crippen molar-refractivity contribution in [1.29, 1.82) is 0 Å². The van der Waals surface area contributed by atoms with E-state index in [4.69, 9.17) is 9.52 Å². The normalized spacial score (nSPS) is 10.4. The monoisotopic (exact) mass is 329 g/mol. The molecule has 2 aromatic rings. The molecule has 24 heavy (non-hydrogen) atoms. The quantitative estimate of drug-likeness (QED) is 0.573. The highest BCUT2D eigenvalue weighted by atomic mass is 16.4. The van der Waals surface area contributed by atoms with Gasteiger partial charge in [0.25, 0.3) is 5.91 Å². The fourth-order valence-electron chi connectivity index (χ4n) is 2.17. The number of Topliss-reactive ketones (excluding diaryl/α,β-unsaturated/α-hetero) is 1. The van der Waals surface area contributed by atoms with Crippen LogP contribution in [0.15, 0.2) is 40.8 Å². The summed E-state index contributed by atoms with van der Waals surface area (Å²) in [5.41, 5.74) is 1.39. The summed E-state index contributed by atoms with van der Waals surface area (Å²) in [7, 11) is 0. The lowest BCUT2D eigenvalue weighted by atomic mass is 10.1. The molecule has 0 bridgehead atoms. The van der Waals surface area contributed by atoms with Crippen LogP contribution < -0.4 is 5.32 Å². The molecule has 0 aliphatic carbocycles. The summed E-state index contributed by atoms with van der Waals surface area (Å²) < 4.78 is 5.54. The van der Waals surface area contributed by atoms with Gasteiger partial charge in [-0.25, -0.2) is 0 Å². The van der Waals surface area contributed by atoms with Crippen molar-refractivity contribution in [3.05, 3.63) is 47.7 Å². The second-order valence-corrected chi connectivity index (χ2v) is 5.40. The Labute approximate surface area is 139 Å². The molecule has 1 aromatic carbocycles. The molecule has 2 N–H and O–H groups in total. The Kier molecular flexibility index (Phi) is 5.89. The van der Waals surface area contributed by atoms with Gasteiger partial charge in [0, 0.05) is 24.1 Å². The molecule has 1 amide bonds. The summed E-state index contributed by atoms with van der Waals surface area (Å²) in [6, 6.07) is 10.2. The van der Waals surface area contributed by atoms with E-state index in [9.17, 15) is 14.4 Å². The molecule has 0 aliphatic rings. The molecule has 0 atom stereocenters. The van der Waals surface area contributed by atoms with Gasteiger partial charge in [0.05, 0.1) is 0 Å². The number of unbranched alkanes of at least 4 members (excludes halogenated alkanes) is 1. The Morgan fingerprint density at radius 2 is 1.75 bits per heavy atom. The van der Waals surface area contributed by atoms with Gasteiger partial charge in [0.15, 0.2) is 11.5 Å². The van der Waals surface area contributed by atoms with Crippen LogP contribution in [-0.4, -0.2) is 29.3 Å². The largest absolute Gasteiger partial charge is 0.481 e. The lowest BCUT2D eigenvalue weighted by Gasteiger charge is -2.02. The van der Waals surface area contributed by atoms with E-state index in [0.717, 1.165) is 5.56 Å². The molecule has 6 heteroatoms. The predicted molar refractivity (Wildman–Crippen MR) is 88.0 cm³/mol. The first-order chi connectivity index (χ1) is 11.5. The van der Waals surface area contributed by atoms with E-state index < -0.39 is 5.97 Å². The topological polar surface area (TPSA) is 96.6 Å². The number of carbonyl (C=O) groups is 3. The Morgan fingerprint density at radius 3 is 2.38 bits per heavy atom. The smallest absolute Gasteiger partial charge is 0.303 e. The van der Waals surface area contributed by atoms with Gasteiger partial charge in [-0.3, -0.25) is 14.4 Å². The van der Waals surface area contributed by atoms with E-state index in [2.05, 4.69) is 5.32 Å². The summed E-state index contributed by atoms with van der Waals surface area (Å²) in [5.74, 6) is -0.450. The number of hydrogen-bond acceptors (Lipinski definition) is 4. The fourth-order valence-corrected chi connectivity index (χ4v) is 2.17. The van der Waals surface area contributed by atoms with Crippen molar-refractivity contribution < 1.29 is 23.9 Å². The molecule has 1 heterocycles. The Hall–Kier alpha value is -2.89. The SMILES string of the molecule is CC(=O)c1ccc(-c2ccc(C(=O)NCCCCC(=O)O)o2)cc1. The van der Waals surface area contributed by atoms with Crippen LogP contribution in [-0.2, 0) is 4.79 Å². The summed E-state index contributed by atoms with van der Waals surface area (Å²) in [4.78, 5) is 33.6. The number of carboxylic acids is 1. The lowest BCUT2D eigenvalue weighted by Crippen LogP contribution is -2.24. The predicted octanol–water partition coefficient (Wildman–Crippen LogP) is 3.13. The van der Waals surface area contributed by atoms with Gasteiger partial charge < -0.3 is 14.8 Å². The fraction of sp³-hybridized carbons (Fsp3) is 0.278. The minimum absolute atomic E-state index is 0.0102. The highest BCUT2D eigenvalue weighted by Gasteiger charge is 2.12. The summed E-state index contributed by atoms with van der Waals surface area (Å²) >= 11 is 0. The van der Waals surface area contributed by atoms with Crippen molar-refractivity contribution in [2.24, 2.45) is 0 Å². The molecule has 0 radical (unpaired) electrons. The number of ketones is 1. The first-order valence-electron chi connectivity index (χ1n) is 7.68. The number of rotatable bonds is 8. The van der Waals surface area contributed by atoms with Crippen LogP contribution in [0, 0.1) is 0 Å². The molecule has 2 rings (SSSR count). The summed E-state index contributed by atoms with van der Waals surface area (Å²) in [6.07, 6.45) is 1.21. The third kappa shape index (κ3) is 4.81. The number of benzene rings is 1. The number of nitrogens with one attached hydrogen (secondary N) is 1. The van der Waals surface area contributed by atoms with Crippen LogP contribution in [0.2, 0.25) is 0 Å². The third-order valence-corrected chi connectivity index (χ3v) is 3.51. The van der Waals surface area contributed by atoms with Crippen molar-refractivity contribution in [3.8, 4) is 11.3 Å². The van der Waals surface area contributed by atoms with Crippen molar-refractivity contribution >= 4 is 17.7 Å². The number of furan rings is 1. The third-order valence-electron chi connectivity index (χ3n) is 3.51. The van der Waals surface area contributed by atoms with Gasteiger partial charge in [-0.1, -0.05) is 24.3 Å². The maximum Gasteiger partial charge on any atom is 0.303 e. The van der Waals surface area contributed by atoms with Crippen LogP contribution in [0.4, 0.5) is 0 Å².